The normalized spacial score (nSPS) is 10.9. The average Bonchev–Trinajstić information content (AvgIpc) is 3.00. The molecule has 0 aliphatic carbocycles. The number of halogens is 5. The Hall–Kier alpha value is -2.12. The highest BCUT2D eigenvalue weighted by molar-refractivity contribution is 5.26. The summed E-state index contributed by atoms with van der Waals surface area (Å²) < 4.78 is 64.8. The number of imidazole rings is 1. The average molecular weight is 336 g/mol. The van der Waals surface area contributed by atoms with Crippen LogP contribution in [0.25, 0.3) is 0 Å². The summed E-state index contributed by atoms with van der Waals surface area (Å²) in [6.45, 7) is 8.74. The Morgan fingerprint density at radius 3 is 1.61 bits per heavy atom. The van der Waals surface area contributed by atoms with Gasteiger partial charge >= 0.3 is 0 Å². The zero-order valence-electron chi connectivity index (χ0n) is 13.1. The lowest BCUT2D eigenvalue weighted by Gasteiger charge is -2.09. The minimum Gasteiger partial charge on any atom is -0.868 e. The van der Waals surface area contributed by atoms with Crippen molar-refractivity contribution in [2.45, 2.75) is 39.8 Å². The fourth-order valence-electron chi connectivity index (χ4n) is 1.58. The van der Waals surface area contributed by atoms with Crippen LogP contribution in [0.1, 0.15) is 39.8 Å². The highest BCUT2D eigenvalue weighted by Gasteiger charge is 2.20. The Bertz CT molecular complexity index is 555. The van der Waals surface area contributed by atoms with Crippen molar-refractivity contribution in [2.75, 3.05) is 0 Å². The molecule has 3 nitrogen and oxygen atoms in total. The third kappa shape index (κ3) is 4.20. The number of nitrogens with zero attached hydrogens (tertiary/aromatic N) is 2. The second-order valence-electron chi connectivity index (χ2n) is 5.39. The van der Waals surface area contributed by atoms with Gasteiger partial charge in [-0.25, -0.2) is 31.1 Å². The molecule has 0 unspecified atom stereocenters. The highest BCUT2D eigenvalue weighted by Crippen LogP contribution is 2.25. The third-order valence-electron chi connectivity index (χ3n) is 3.04. The minimum absolute atomic E-state index is 0.565. The van der Waals surface area contributed by atoms with Gasteiger partial charge in [0.25, 0.3) is 0 Å². The molecule has 0 N–H and O–H groups in total. The van der Waals surface area contributed by atoms with Crippen LogP contribution in [0.2, 0.25) is 0 Å². The zero-order valence-corrected chi connectivity index (χ0v) is 13.1. The molecule has 0 bridgehead atoms. The first kappa shape index (κ1) is 18.9. The van der Waals surface area contributed by atoms with Crippen LogP contribution in [0, 0.1) is 29.1 Å². The van der Waals surface area contributed by atoms with Gasteiger partial charge in [0.1, 0.15) is 12.4 Å². The minimum atomic E-state index is -2.33. The maximum Gasteiger partial charge on any atom is 0.244 e. The van der Waals surface area contributed by atoms with E-state index in [1.165, 1.54) is 0 Å². The van der Waals surface area contributed by atoms with Crippen LogP contribution in [-0.4, -0.2) is 4.57 Å². The predicted octanol–water partition coefficient (Wildman–Crippen LogP) is 3.39. The van der Waals surface area contributed by atoms with Crippen molar-refractivity contribution in [3.05, 3.63) is 47.8 Å². The molecule has 128 valence electrons. The molecule has 1 aromatic carbocycles. The highest BCUT2D eigenvalue weighted by atomic mass is 19.2. The Balaban J connectivity index is 0.000000231. The van der Waals surface area contributed by atoms with Crippen molar-refractivity contribution in [1.82, 2.24) is 4.57 Å². The van der Waals surface area contributed by atoms with E-state index in [-0.39, 0.29) is 0 Å². The van der Waals surface area contributed by atoms with E-state index in [0.717, 1.165) is 0 Å². The van der Waals surface area contributed by atoms with Crippen LogP contribution in [-0.2, 0) is 0 Å². The molecular weight excluding hydrogens is 319 g/mol. The summed E-state index contributed by atoms with van der Waals surface area (Å²) >= 11 is 0. The van der Waals surface area contributed by atoms with E-state index in [1.54, 1.807) is 0 Å². The molecule has 0 aliphatic heterocycles. The van der Waals surface area contributed by atoms with Crippen molar-refractivity contribution >= 4 is 0 Å². The number of benzene rings is 1. The summed E-state index contributed by atoms with van der Waals surface area (Å²) in [4.78, 5) is 0. The van der Waals surface area contributed by atoms with Gasteiger partial charge in [0.05, 0.1) is 12.1 Å². The van der Waals surface area contributed by atoms with Crippen LogP contribution >= 0.6 is 0 Å². The zero-order chi connectivity index (χ0) is 17.9. The molecule has 0 spiro atoms. The molecule has 2 rings (SSSR count). The summed E-state index contributed by atoms with van der Waals surface area (Å²) in [6.07, 6.45) is 6.38. The van der Waals surface area contributed by atoms with Crippen LogP contribution in [0.15, 0.2) is 18.7 Å². The quantitative estimate of drug-likeness (QED) is 0.358. The standard InChI is InChI=1S/C9H17N2.C6HF5O/c1-8(2)10-5-6-11(7-10)9(3)4;7-1-2(8)4(10)6(12)5(11)3(1)9/h5-9H,1-4H3;12H/q+1;/p-1. The smallest absolute Gasteiger partial charge is 0.244 e. The summed E-state index contributed by atoms with van der Waals surface area (Å²) in [5.74, 6) is -13.6. The van der Waals surface area contributed by atoms with Crippen LogP contribution < -0.4 is 9.67 Å². The first-order chi connectivity index (χ1) is 10.6. The third-order valence-corrected chi connectivity index (χ3v) is 3.04. The fraction of sp³-hybridized carbons (Fsp3) is 0.400. The number of hydrogen-bond donors (Lipinski definition) is 0. The topological polar surface area (TPSA) is 31.9 Å². The first-order valence-electron chi connectivity index (χ1n) is 6.84. The molecular formula is C15H17F5N2O. The maximum atomic E-state index is 12.1. The molecule has 1 aromatic heterocycles. The fourth-order valence-corrected chi connectivity index (χ4v) is 1.58. The van der Waals surface area contributed by atoms with Gasteiger partial charge in [-0.3, -0.25) is 0 Å². The maximum absolute atomic E-state index is 12.1. The molecule has 2 aromatic rings. The van der Waals surface area contributed by atoms with Crippen molar-refractivity contribution in [3.63, 3.8) is 0 Å². The van der Waals surface area contributed by atoms with E-state index >= 15 is 0 Å². The molecule has 23 heavy (non-hydrogen) atoms. The Labute approximate surface area is 130 Å². The van der Waals surface area contributed by atoms with Crippen LogP contribution in [0.5, 0.6) is 5.75 Å². The molecule has 0 radical (unpaired) electrons. The molecule has 0 atom stereocenters. The van der Waals surface area contributed by atoms with Crippen molar-refractivity contribution in [3.8, 4) is 5.75 Å². The monoisotopic (exact) mass is 336 g/mol. The summed E-state index contributed by atoms with van der Waals surface area (Å²) in [5.41, 5.74) is 0. The lowest BCUT2D eigenvalue weighted by Crippen LogP contribution is -2.33. The number of hydrogen-bond acceptors (Lipinski definition) is 1. The van der Waals surface area contributed by atoms with E-state index in [2.05, 4.69) is 55.6 Å². The molecule has 0 saturated heterocycles. The molecule has 0 fully saturated rings. The lowest BCUT2D eigenvalue weighted by molar-refractivity contribution is -0.715. The molecule has 8 heteroatoms. The molecule has 0 aliphatic rings. The Morgan fingerprint density at radius 1 is 0.870 bits per heavy atom. The van der Waals surface area contributed by atoms with Gasteiger partial charge in [0.15, 0.2) is 29.1 Å². The second-order valence-corrected chi connectivity index (χ2v) is 5.39. The van der Waals surface area contributed by atoms with Gasteiger partial charge in [-0.1, -0.05) is 0 Å². The summed E-state index contributed by atoms with van der Waals surface area (Å²) in [7, 11) is 0. The SMILES string of the molecule is CC(C)n1cc[n+](C(C)C)c1.[O-]c1c(F)c(F)c(F)c(F)c1F. The summed E-state index contributed by atoms with van der Waals surface area (Å²) in [5, 5.41) is 10.2. The van der Waals surface area contributed by atoms with Gasteiger partial charge in [0.2, 0.25) is 6.33 Å². The van der Waals surface area contributed by atoms with Crippen molar-refractivity contribution in [2.24, 2.45) is 0 Å². The van der Waals surface area contributed by atoms with E-state index in [4.69, 9.17) is 0 Å². The van der Waals surface area contributed by atoms with Crippen molar-refractivity contribution in [1.29, 1.82) is 0 Å². The van der Waals surface area contributed by atoms with Crippen molar-refractivity contribution < 1.29 is 31.6 Å². The van der Waals surface area contributed by atoms with Gasteiger partial charge < -0.3 is 5.11 Å². The predicted molar refractivity (Wildman–Crippen MR) is 71.1 cm³/mol. The molecule has 0 saturated carbocycles. The second kappa shape index (κ2) is 7.43. The number of rotatable bonds is 2. The molecule has 1 heterocycles. The lowest BCUT2D eigenvalue weighted by atomic mass is 10.3. The van der Waals surface area contributed by atoms with Crippen LogP contribution in [0.3, 0.4) is 0 Å². The van der Waals surface area contributed by atoms with Crippen LogP contribution in [0.4, 0.5) is 22.0 Å². The van der Waals surface area contributed by atoms with Gasteiger partial charge in [-0.15, -0.1) is 0 Å². The van der Waals surface area contributed by atoms with Gasteiger partial charge in [-0.05, 0) is 33.4 Å². The van der Waals surface area contributed by atoms with Gasteiger partial charge in [0, 0.05) is 0 Å². The Kier molecular flexibility index (Phi) is 6.12. The molecule has 0 amide bonds. The first-order valence-corrected chi connectivity index (χ1v) is 6.84. The van der Waals surface area contributed by atoms with E-state index in [9.17, 15) is 27.1 Å². The summed E-state index contributed by atoms with van der Waals surface area (Å²) in [6, 6.07) is 1.13. The Morgan fingerprint density at radius 2 is 1.30 bits per heavy atom. The van der Waals surface area contributed by atoms with E-state index in [1.807, 2.05) is 0 Å². The van der Waals surface area contributed by atoms with E-state index < -0.39 is 34.8 Å². The number of aromatic nitrogens is 2. The largest absolute Gasteiger partial charge is 0.868 e. The van der Waals surface area contributed by atoms with E-state index in [0.29, 0.717) is 12.1 Å². The van der Waals surface area contributed by atoms with Gasteiger partial charge in [-0.2, -0.15) is 0 Å².